The van der Waals surface area contributed by atoms with Gasteiger partial charge in [-0.3, -0.25) is 0 Å². The number of likely N-dealkylation sites (tertiary alicyclic amines) is 1. The predicted octanol–water partition coefficient (Wildman–Crippen LogP) is 3.34. The first-order valence-corrected chi connectivity index (χ1v) is 7.18. The first-order chi connectivity index (χ1) is 7.70. The van der Waals surface area contributed by atoms with Crippen molar-refractivity contribution in [1.82, 2.24) is 4.90 Å². The van der Waals surface area contributed by atoms with Crippen LogP contribution < -0.4 is 5.32 Å². The highest BCUT2D eigenvalue weighted by molar-refractivity contribution is 7.08. The highest BCUT2D eigenvalue weighted by Gasteiger charge is 2.24. The van der Waals surface area contributed by atoms with E-state index in [1.54, 1.807) is 11.3 Å². The average Bonchev–Trinajstić information content (AvgIpc) is 2.65. The summed E-state index contributed by atoms with van der Waals surface area (Å²) in [5.74, 6) is 0. The molecule has 1 aromatic rings. The Morgan fingerprint density at radius 1 is 1.50 bits per heavy atom. The van der Waals surface area contributed by atoms with Gasteiger partial charge in [0.1, 0.15) is 0 Å². The molecular weight excluding hydrogens is 216 g/mol. The third kappa shape index (κ3) is 2.58. The minimum Gasteiger partial charge on any atom is -0.381 e. The van der Waals surface area contributed by atoms with Crippen LogP contribution in [0.2, 0.25) is 0 Å². The number of piperidine rings is 1. The fraction of sp³-hybridized carbons (Fsp3) is 0.692. The largest absolute Gasteiger partial charge is 0.381 e. The van der Waals surface area contributed by atoms with E-state index in [9.17, 15) is 0 Å². The first kappa shape index (κ1) is 11.9. The maximum absolute atomic E-state index is 3.69. The molecule has 2 unspecified atom stereocenters. The Morgan fingerprint density at radius 2 is 2.31 bits per heavy atom. The lowest BCUT2D eigenvalue weighted by molar-refractivity contribution is 0.161. The molecule has 16 heavy (non-hydrogen) atoms. The van der Waals surface area contributed by atoms with E-state index in [1.165, 1.54) is 37.2 Å². The Kier molecular flexibility index (Phi) is 3.87. The van der Waals surface area contributed by atoms with Gasteiger partial charge in [0, 0.05) is 29.7 Å². The summed E-state index contributed by atoms with van der Waals surface area (Å²) in [7, 11) is 0. The Labute approximate surface area is 103 Å². The molecule has 2 nitrogen and oxygen atoms in total. The fourth-order valence-corrected chi connectivity index (χ4v) is 3.34. The van der Waals surface area contributed by atoms with Gasteiger partial charge in [0.2, 0.25) is 0 Å². The molecular formula is C13H22N2S. The van der Waals surface area contributed by atoms with Crippen molar-refractivity contribution in [3.63, 3.8) is 0 Å². The molecule has 90 valence electrons. The van der Waals surface area contributed by atoms with Crippen molar-refractivity contribution >= 4 is 17.0 Å². The number of hydrogen-bond donors (Lipinski definition) is 1. The fourth-order valence-electron chi connectivity index (χ4n) is 2.55. The van der Waals surface area contributed by atoms with Gasteiger partial charge in [-0.25, -0.2) is 0 Å². The highest BCUT2D eigenvalue weighted by atomic mass is 32.1. The van der Waals surface area contributed by atoms with E-state index in [4.69, 9.17) is 0 Å². The summed E-state index contributed by atoms with van der Waals surface area (Å²) < 4.78 is 0. The van der Waals surface area contributed by atoms with Crippen LogP contribution in [0.15, 0.2) is 10.8 Å². The summed E-state index contributed by atoms with van der Waals surface area (Å²) in [6.07, 6.45) is 2.54. The van der Waals surface area contributed by atoms with E-state index in [2.05, 4.69) is 41.7 Å². The van der Waals surface area contributed by atoms with Crippen molar-refractivity contribution in [2.75, 3.05) is 18.4 Å². The second kappa shape index (κ2) is 5.19. The molecule has 2 rings (SSSR count). The number of nitrogens with one attached hydrogen (secondary N) is 1. The summed E-state index contributed by atoms with van der Waals surface area (Å²) in [5.41, 5.74) is 2.72. The number of thiophene rings is 1. The smallest absolute Gasteiger partial charge is 0.0480 e. The lowest BCUT2D eigenvalue weighted by Crippen LogP contribution is -2.44. The summed E-state index contributed by atoms with van der Waals surface area (Å²) in [5, 5.41) is 8.13. The van der Waals surface area contributed by atoms with Crippen molar-refractivity contribution in [3.8, 4) is 0 Å². The molecule has 0 spiro atoms. The van der Waals surface area contributed by atoms with Crippen molar-refractivity contribution in [1.29, 1.82) is 0 Å². The van der Waals surface area contributed by atoms with Gasteiger partial charge in [-0.05, 0) is 44.2 Å². The van der Waals surface area contributed by atoms with Gasteiger partial charge in [-0.2, -0.15) is 0 Å². The maximum atomic E-state index is 3.69. The monoisotopic (exact) mass is 238 g/mol. The normalized spacial score (nSPS) is 26.9. The molecule has 1 fully saturated rings. The van der Waals surface area contributed by atoms with Gasteiger partial charge in [-0.15, -0.1) is 11.3 Å². The topological polar surface area (TPSA) is 15.3 Å². The molecule has 1 aliphatic rings. The van der Waals surface area contributed by atoms with Crippen LogP contribution in [-0.4, -0.2) is 30.1 Å². The Morgan fingerprint density at radius 3 is 2.88 bits per heavy atom. The molecule has 1 saturated heterocycles. The molecule has 0 amide bonds. The number of rotatable bonds is 3. The quantitative estimate of drug-likeness (QED) is 0.869. The number of aryl methyl sites for hydroxylation is 1. The maximum Gasteiger partial charge on any atom is 0.0480 e. The van der Waals surface area contributed by atoms with Crippen LogP contribution in [0.4, 0.5) is 5.69 Å². The van der Waals surface area contributed by atoms with Gasteiger partial charge in [0.05, 0.1) is 0 Å². The van der Waals surface area contributed by atoms with Gasteiger partial charge < -0.3 is 10.2 Å². The minimum absolute atomic E-state index is 0.658. The van der Waals surface area contributed by atoms with Crippen LogP contribution in [0, 0.1) is 6.92 Å². The molecule has 0 radical (unpaired) electrons. The SMILES string of the molecule is CCN1CCC(Nc2cscc2C)CC1C. The molecule has 2 heterocycles. The molecule has 1 aromatic heterocycles. The number of nitrogens with zero attached hydrogens (tertiary/aromatic N) is 1. The summed E-state index contributed by atoms with van der Waals surface area (Å²) >= 11 is 1.79. The van der Waals surface area contributed by atoms with Crippen LogP contribution in [0.1, 0.15) is 32.3 Å². The second-order valence-electron chi connectivity index (χ2n) is 4.81. The van der Waals surface area contributed by atoms with Gasteiger partial charge in [0.25, 0.3) is 0 Å². The van der Waals surface area contributed by atoms with Crippen molar-refractivity contribution in [3.05, 3.63) is 16.3 Å². The molecule has 1 aliphatic heterocycles. The summed E-state index contributed by atoms with van der Waals surface area (Å²) in [6.45, 7) is 9.21. The Bertz CT molecular complexity index is 334. The third-order valence-corrected chi connectivity index (χ3v) is 4.50. The van der Waals surface area contributed by atoms with E-state index in [0.29, 0.717) is 6.04 Å². The van der Waals surface area contributed by atoms with Crippen LogP contribution in [0.5, 0.6) is 0 Å². The van der Waals surface area contributed by atoms with Gasteiger partial charge >= 0.3 is 0 Å². The molecule has 0 saturated carbocycles. The molecule has 0 aliphatic carbocycles. The van der Waals surface area contributed by atoms with E-state index in [0.717, 1.165) is 6.04 Å². The Hall–Kier alpha value is -0.540. The Balaban J connectivity index is 1.91. The van der Waals surface area contributed by atoms with Crippen LogP contribution >= 0.6 is 11.3 Å². The summed E-state index contributed by atoms with van der Waals surface area (Å²) in [4.78, 5) is 2.57. The average molecular weight is 238 g/mol. The zero-order valence-corrected chi connectivity index (χ0v) is 11.3. The van der Waals surface area contributed by atoms with E-state index < -0.39 is 0 Å². The van der Waals surface area contributed by atoms with Gasteiger partial charge in [-0.1, -0.05) is 6.92 Å². The predicted molar refractivity (Wildman–Crippen MR) is 72.4 cm³/mol. The van der Waals surface area contributed by atoms with Crippen molar-refractivity contribution in [2.24, 2.45) is 0 Å². The van der Waals surface area contributed by atoms with Crippen LogP contribution in [0.25, 0.3) is 0 Å². The lowest BCUT2D eigenvalue weighted by atomic mass is 9.98. The van der Waals surface area contributed by atoms with E-state index in [-0.39, 0.29) is 0 Å². The molecule has 0 aromatic carbocycles. The second-order valence-corrected chi connectivity index (χ2v) is 5.56. The molecule has 3 heteroatoms. The minimum atomic E-state index is 0.658. The number of hydrogen-bond acceptors (Lipinski definition) is 3. The zero-order chi connectivity index (χ0) is 11.5. The molecule has 0 bridgehead atoms. The highest BCUT2D eigenvalue weighted by Crippen LogP contribution is 2.25. The number of anilines is 1. The summed E-state index contributed by atoms with van der Waals surface area (Å²) in [6, 6.07) is 1.38. The van der Waals surface area contributed by atoms with Gasteiger partial charge in [0.15, 0.2) is 0 Å². The standard InChI is InChI=1S/C13H22N2S/c1-4-15-6-5-12(7-11(15)3)14-13-9-16-8-10(13)2/h8-9,11-12,14H,4-7H2,1-3H3. The first-order valence-electron chi connectivity index (χ1n) is 6.24. The van der Waals surface area contributed by atoms with Crippen LogP contribution in [0.3, 0.4) is 0 Å². The molecule has 2 atom stereocenters. The van der Waals surface area contributed by atoms with Crippen LogP contribution in [-0.2, 0) is 0 Å². The lowest BCUT2D eigenvalue weighted by Gasteiger charge is -2.37. The van der Waals surface area contributed by atoms with E-state index >= 15 is 0 Å². The van der Waals surface area contributed by atoms with E-state index in [1.807, 2.05) is 0 Å². The molecule has 1 N–H and O–H groups in total. The van der Waals surface area contributed by atoms with Crippen molar-refractivity contribution in [2.45, 2.75) is 45.7 Å². The zero-order valence-electron chi connectivity index (χ0n) is 10.5. The van der Waals surface area contributed by atoms with Crippen molar-refractivity contribution < 1.29 is 0 Å². The third-order valence-electron chi connectivity index (χ3n) is 3.64.